The van der Waals surface area contributed by atoms with E-state index in [9.17, 15) is 0 Å². The van der Waals surface area contributed by atoms with E-state index in [0.717, 1.165) is 41.3 Å². The van der Waals surface area contributed by atoms with Crippen molar-refractivity contribution in [1.82, 2.24) is 15.3 Å². The first kappa shape index (κ1) is 24.4. The van der Waals surface area contributed by atoms with Crippen molar-refractivity contribution in [2.24, 2.45) is 4.99 Å². The van der Waals surface area contributed by atoms with E-state index in [-0.39, 0.29) is 6.04 Å². The van der Waals surface area contributed by atoms with Crippen LogP contribution in [0.4, 0.5) is 23.0 Å². The zero-order valence-corrected chi connectivity index (χ0v) is 21.6. The summed E-state index contributed by atoms with van der Waals surface area (Å²) in [5.41, 5.74) is 7.33. The summed E-state index contributed by atoms with van der Waals surface area (Å²) < 4.78 is 0. The lowest BCUT2D eigenvalue weighted by Gasteiger charge is -2.16. The van der Waals surface area contributed by atoms with Crippen LogP contribution in [0.1, 0.15) is 22.5 Å². The van der Waals surface area contributed by atoms with E-state index in [2.05, 4.69) is 55.5 Å². The first-order valence-corrected chi connectivity index (χ1v) is 12.6. The third kappa shape index (κ3) is 6.68. The van der Waals surface area contributed by atoms with Crippen LogP contribution in [0.25, 0.3) is 0 Å². The summed E-state index contributed by atoms with van der Waals surface area (Å²) in [4.78, 5) is 14.0. The van der Waals surface area contributed by atoms with Crippen molar-refractivity contribution in [3.63, 3.8) is 0 Å². The molecule has 1 aliphatic carbocycles. The molecule has 0 unspecified atom stereocenters. The van der Waals surface area contributed by atoms with Gasteiger partial charge < -0.3 is 16.0 Å². The molecule has 0 spiro atoms. The molecule has 0 fully saturated rings. The number of guanidine groups is 1. The first-order chi connectivity index (χ1) is 18.0. The van der Waals surface area contributed by atoms with Crippen molar-refractivity contribution in [2.45, 2.75) is 32.7 Å². The molecule has 186 valence electrons. The fraction of sp³-hybridized carbons (Fsp3) is 0.172. The highest BCUT2D eigenvalue weighted by atomic mass is 32.1. The molecule has 1 heterocycles. The van der Waals surface area contributed by atoms with Crippen molar-refractivity contribution in [1.29, 1.82) is 0 Å². The van der Waals surface area contributed by atoms with Crippen LogP contribution in [-0.2, 0) is 12.8 Å². The number of nitrogens with zero attached hydrogens (tertiary/aromatic N) is 3. The largest absolute Gasteiger partial charge is 0.356 e. The number of benzene rings is 3. The van der Waals surface area contributed by atoms with Gasteiger partial charge in [-0.15, -0.1) is 0 Å². The predicted octanol–water partition coefficient (Wildman–Crippen LogP) is 5.76. The molecule has 0 atom stereocenters. The van der Waals surface area contributed by atoms with Gasteiger partial charge in [0.1, 0.15) is 0 Å². The van der Waals surface area contributed by atoms with Gasteiger partial charge in [-0.25, -0.2) is 15.0 Å². The zero-order valence-electron chi connectivity index (χ0n) is 20.8. The Morgan fingerprint density at radius 3 is 1.97 bits per heavy atom. The topological polar surface area (TPSA) is 86.3 Å². The van der Waals surface area contributed by atoms with E-state index in [1.807, 2.05) is 74.5 Å². The van der Waals surface area contributed by atoms with Crippen molar-refractivity contribution in [3.05, 3.63) is 107 Å². The van der Waals surface area contributed by atoms with Crippen molar-refractivity contribution in [3.8, 4) is 0 Å². The highest BCUT2D eigenvalue weighted by Crippen LogP contribution is 2.24. The summed E-state index contributed by atoms with van der Waals surface area (Å²) in [6.07, 6.45) is 1.76. The van der Waals surface area contributed by atoms with Gasteiger partial charge in [-0.1, -0.05) is 42.5 Å². The Bertz CT molecular complexity index is 1370. The Morgan fingerprint density at radius 1 is 0.757 bits per heavy atom. The number of aromatic nitrogens is 2. The fourth-order valence-electron chi connectivity index (χ4n) is 4.39. The molecule has 1 aromatic heterocycles. The fourth-order valence-corrected chi connectivity index (χ4v) is 4.60. The molecule has 4 N–H and O–H groups in total. The Hall–Kier alpha value is -4.30. The van der Waals surface area contributed by atoms with Gasteiger partial charge in [0.2, 0.25) is 11.9 Å². The van der Waals surface area contributed by atoms with E-state index in [0.29, 0.717) is 17.0 Å². The Kier molecular flexibility index (Phi) is 7.37. The minimum absolute atomic E-state index is 0.101. The van der Waals surface area contributed by atoms with Gasteiger partial charge in [-0.3, -0.25) is 5.32 Å². The van der Waals surface area contributed by atoms with Gasteiger partial charge in [0, 0.05) is 28.5 Å². The minimum Gasteiger partial charge on any atom is -0.356 e. The van der Waals surface area contributed by atoms with Crippen LogP contribution in [0.15, 0.2) is 89.9 Å². The molecule has 0 bridgehead atoms. The molecule has 0 saturated carbocycles. The Morgan fingerprint density at radius 2 is 1.32 bits per heavy atom. The summed E-state index contributed by atoms with van der Waals surface area (Å²) in [6.45, 7) is 3.89. The van der Waals surface area contributed by atoms with Crippen LogP contribution in [0.2, 0.25) is 0 Å². The minimum atomic E-state index is 0.101. The van der Waals surface area contributed by atoms with Gasteiger partial charge in [-0.05, 0) is 92.5 Å². The van der Waals surface area contributed by atoms with Crippen LogP contribution < -0.4 is 21.3 Å². The molecule has 5 rings (SSSR count). The second-order valence-corrected chi connectivity index (χ2v) is 9.46. The summed E-state index contributed by atoms with van der Waals surface area (Å²) in [7, 11) is 0. The van der Waals surface area contributed by atoms with Gasteiger partial charge in [0.25, 0.3) is 0 Å². The van der Waals surface area contributed by atoms with E-state index >= 15 is 0 Å². The monoisotopic (exact) mass is 507 g/mol. The Balaban J connectivity index is 1.28. The lowest BCUT2D eigenvalue weighted by atomic mass is 10.1. The Labute approximate surface area is 222 Å². The molecule has 0 aliphatic heterocycles. The van der Waals surface area contributed by atoms with Gasteiger partial charge in [0.05, 0.1) is 6.04 Å². The van der Waals surface area contributed by atoms with Crippen LogP contribution in [0.5, 0.6) is 0 Å². The number of anilines is 4. The van der Waals surface area contributed by atoms with Crippen molar-refractivity contribution < 1.29 is 0 Å². The van der Waals surface area contributed by atoms with Crippen LogP contribution in [0.3, 0.4) is 0 Å². The van der Waals surface area contributed by atoms with Crippen molar-refractivity contribution >= 4 is 46.3 Å². The van der Waals surface area contributed by atoms with E-state index in [4.69, 9.17) is 17.2 Å². The highest BCUT2D eigenvalue weighted by molar-refractivity contribution is 7.80. The molecule has 0 saturated heterocycles. The van der Waals surface area contributed by atoms with E-state index < -0.39 is 0 Å². The lowest BCUT2D eigenvalue weighted by molar-refractivity contribution is 0.720. The molecular formula is C29H29N7S. The summed E-state index contributed by atoms with van der Waals surface area (Å²) in [6, 6.07) is 28.5. The number of para-hydroxylation sites is 1. The quantitative estimate of drug-likeness (QED) is 0.155. The zero-order chi connectivity index (χ0) is 25.6. The number of thiocarbonyl (C=S) groups is 1. The van der Waals surface area contributed by atoms with Gasteiger partial charge in [-0.2, -0.15) is 0 Å². The number of aryl methyl sites for hydroxylation is 2. The number of nitrogens with one attached hydrogen (secondary N) is 4. The maximum atomic E-state index is 5.63. The maximum Gasteiger partial charge on any atom is 0.229 e. The SMILES string of the molecule is Cc1cc(C)nc(NC(=NC2Cc3ccccc3C2)NC(=S)Nc2ccc(Nc3ccccc3)cc2)n1. The highest BCUT2D eigenvalue weighted by Gasteiger charge is 2.21. The lowest BCUT2D eigenvalue weighted by Crippen LogP contribution is -2.40. The third-order valence-corrected chi connectivity index (χ3v) is 6.19. The number of fused-ring (bicyclic) bond motifs is 1. The third-order valence-electron chi connectivity index (χ3n) is 5.99. The molecule has 37 heavy (non-hydrogen) atoms. The molecule has 3 aromatic carbocycles. The van der Waals surface area contributed by atoms with Crippen LogP contribution in [0, 0.1) is 13.8 Å². The molecule has 4 aromatic rings. The average molecular weight is 508 g/mol. The summed E-state index contributed by atoms with van der Waals surface area (Å²) in [5, 5.41) is 13.5. The normalized spacial score (nSPS) is 13.1. The molecule has 8 heteroatoms. The van der Waals surface area contributed by atoms with Gasteiger partial charge in [0.15, 0.2) is 5.11 Å². The predicted molar refractivity (Wildman–Crippen MR) is 156 cm³/mol. The number of aliphatic imine (C=N–C) groups is 1. The van der Waals surface area contributed by atoms with Crippen LogP contribution >= 0.6 is 12.2 Å². The van der Waals surface area contributed by atoms with E-state index in [1.54, 1.807) is 0 Å². The number of rotatable bonds is 5. The second-order valence-electron chi connectivity index (χ2n) is 9.06. The number of hydrogen-bond acceptors (Lipinski definition) is 5. The number of hydrogen-bond donors (Lipinski definition) is 4. The maximum absolute atomic E-state index is 5.63. The molecule has 1 aliphatic rings. The average Bonchev–Trinajstić information content (AvgIpc) is 3.27. The van der Waals surface area contributed by atoms with Gasteiger partial charge >= 0.3 is 0 Å². The van der Waals surface area contributed by atoms with Crippen LogP contribution in [-0.4, -0.2) is 27.1 Å². The molecule has 7 nitrogen and oxygen atoms in total. The molecule has 0 radical (unpaired) electrons. The summed E-state index contributed by atoms with van der Waals surface area (Å²) in [5.74, 6) is 1.00. The van der Waals surface area contributed by atoms with Crippen molar-refractivity contribution in [2.75, 3.05) is 16.0 Å². The first-order valence-electron chi connectivity index (χ1n) is 12.2. The molecular weight excluding hydrogens is 478 g/mol. The summed E-state index contributed by atoms with van der Waals surface area (Å²) >= 11 is 5.63. The standard InChI is InChI=1S/C29H29N7S/c1-19-16-20(2)31-27(30-19)35-28(33-26-17-21-8-6-7-9-22(21)18-26)36-29(37)34-25-14-12-24(13-15-25)32-23-10-4-3-5-11-23/h3-16,26,32H,17-18H2,1-2H3,(H3,30,31,33,34,35,36,37). The smallest absolute Gasteiger partial charge is 0.229 e. The second kappa shape index (κ2) is 11.2. The molecule has 0 amide bonds. The van der Waals surface area contributed by atoms with E-state index in [1.165, 1.54) is 11.1 Å².